The maximum atomic E-state index is 13.7. The SMILES string of the molecule is Cc1ccc(S(=O)(=O)N2CCC(c3cccc(Br)c3)N(S(=O)(=O)c3ccc(C)cc3)C2)cc1. The van der Waals surface area contributed by atoms with Crippen molar-refractivity contribution in [1.82, 2.24) is 8.61 Å². The molecule has 6 nitrogen and oxygen atoms in total. The molecule has 0 aromatic heterocycles. The van der Waals surface area contributed by atoms with E-state index >= 15 is 0 Å². The molecule has 0 N–H and O–H groups in total. The second kappa shape index (κ2) is 9.31. The third-order valence-corrected chi connectivity index (χ3v) is 10.0. The van der Waals surface area contributed by atoms with Gasteiger partial charge in [-0.2, -0.15) is 8.61 Å². The Morgan fingerprint density at radius 3 is 1.88 bits per heavy atom. The first-order valence-corrected chi connectivity index (χ1v) is 14.2. The minimum absolute atomic E-state index is 0.141. The topological polar surface area (TPSA) is 74.8 Å². The number of rotatable bonds is 5. The summed E-state index contributed by atoms with van der Waals surface area (Å²) in [5, 5.41) is 0. The average Bonchev–Trinajstić information content (AvgIpc) is 2.79. The van der Waals surface area contributed by atoms with Crippen LogP contribution in [0, 0.1) is 13.8 Å². The van der Waals surface area contributed by atoms with Gasteiger partial charge in [0.15, 0.2) is 0 Å². The Hall–Kier alpha value is -2.04. The second-order valence-corrected chi connectivity index (χ2v) is 12.9. The minimum Gasteiger partial charge on any atom is -0.207 e. The van der Waals surface area contributed by atoms with Gasteiger partial charge in [0.25, 0.3) is 0 Å². The van der Waals surface area contributed by atoms with Gasteiger partial charge in [-0.25, -0.2) is 16.8 Å². The molecule has 1 aliphatic rings. The van der Waals surface area contributed by atoms with Crippen LogP contribution in [0.3, 0.4) is 0 Å². The molecule has 1 heterocycles. The van der Waals surface area contributed by atoms with Crippen molar-refractivity contribution in [3.05, 3.63) is 94.0 Å². The molecule has 1 saturated heterocycles. The van der Waals surface area contributed by atoms with Gasteiger partial charge in [-0.1, -0.05) is 63.5 Å². The molecular formula is C24H25BrN2O4S2. The number of aryl methyl sites for hydroxylation is 2. The highest BCUT2D eigenvalue weighted by atomic mass is 79.9. The van der Waals surface area contributed by atoms with Crippen LogP contribution in [-0.2, 0) is 20.0 Å². The summed E-state index contributed by atoms with van der Waals surface area (Å²) in [7, 11) is -7.82. The fourth-order valence-electron chi connectivity index (χ4n) is 3.93. The molecule has 1 atom stereocenters. The van der Waals surface area contributed by atoms with Crippen molar-refractivity contribution >= 4 is 36.0 Å². The maximum Gasteiger partial charge on any atom is 0.244 e. The predicted octanol–water partition coefficient (Wildman–Crippen LogP) is 4.85. The van der Waals surface area contributed by atoms with Crippen molar-refractivity contribution in [3.63, 3.8) is 0 Å². The first kappa shape index (κ1) is 24.1. The van der Waals surface area contributed by atoms with Crippen molar-refractivity contribution < 1.29 is 16.8 Å². The largest absolute Gasteiger partial charge is 0.244 e. The van der Waals surface area contributed by atoms with E-state index in [1.54, 1.807) is 48.5 Å². The van der Waals surface area contributed by atoms with E-state index in [1.165, 1.54) is 8.61 Å². The molecule has 3 aromatic carbocycles. The molecule has 0 radical (unpaired) electrons. The molecule has 3 aromatic rings. The number of benzene rings is 3. The van der Waals surface area contributed by atoms with Crippen molar-refractivity contribution in [2.24, 2.45) is 0 Å². The van der Waals surface area contributed by atoms with E-state index in [-0.39, 0.29) is 23.0 Å². The zero-order valence-corrected chi connectivity index (χ0v) is 21.6. The summed E-state index contributed by atoms with van der Waals surface area (Å²) in [4.78, 5) is 0.296. The Labute approximate surface area is 204 Å². The molecule has 0 spiro atoms. The van der Waals surface area contributed by atoms with Gasteiger partial charge < -0.3 is 0 Å². The smallest absolute Gasteiger partial charge is 0.207 e. The van der Waals surface area contributed by atoms with Gasteiger partial charge in [-0.05, 0) is 62.2 Å². The molecule has 174 valence electrons. The van der Waals surface area contributed by atoms with Crippen molar-refractivity contribution in [2.45, 2.75) is 36.1 Å². The summed E-state index contributed by atoms with van der Waals surface area (Å²) < 4.78 is 57.5. The second-order valence-electron chi connectivity index (χ2n) is 8.20. The molecule has 1 fully saturated rings. The highest BCUT2D eigenvalue weighted by molar-refractivity contribution is 9.10. The van der Waals surface area contributed by atoms with Crippen LogP contribution >= 0.6 is 15.9 Å². The monoisotopic (exact) mass is 548 g/mol. The van der Waals surface area contributed by atoms with Gasteiger partial charge in [-0.15, -0.1) is 0 Å². The van der Waals surface area contributed by atoms with Crippen LogP contribution in [0.1, 0.15) is 29.2 Å². The summed E-state index contributed by atoms with van der Waals surface area (Å²) in [6.45, 7) is 3.73. The predicted molar refractivity (Wildman–Crippen MR) is 132 cm³/mol. The van der Waals surface area contributed by atoms with E-state index in [0.717, 1.165) is 21.2 Å². The summed E-state index contributed by atoms with van der Waals surface area (Å²) >= 11 is 3.46. The molecular weight excluding hydrogens is 524 g/mol. The van der Waals surface area contributed by atoms with Crippen LogP contribution in [0.4, 0.5) is 0 Å². The number of sulfonamides is 2. The van der Waals surface area contributed by atoms with Crippen molar-refractivity contribution in [1.29, 1.82) is 0 Å². The van der Waals surface area contributed by atoms with Crippen LogP contribution < -0.4 is 0 Å². The Balaban J connectivity index is 1.76. The van der Waals surface area contributed by atoms with E-state index < -0.39 is 26.1 Å². The molecule has 0 saturated carbocycles. The lowest BCUT2D eigenvalue weighted by molar-refractivity contribution is 0.170. The molecule has 9 heteroatoms. The van der Waals surface area contributed by atoms with Crippen molar-refractivity contribution in [2.75, 3.05) is 13.2 Å². The minimum atomic E-state index is -3.96. The van der Waals surface area contributed by atoms with Gasteiger partial charge in [0.05, 0.1) is 22.5 Å². The maximum absolute atomic E-state index is 13.7. The van der Waals surface area contributed by atoms with Gasteiger partial charge in [0.1, 0.15) is 0 Å². The van der Waals surface area contributed by atoms with Gasteiger partial charge in [0, 0.05) is 11.0 Å². The Bertz CT molecular complexity index is 1360. The lowest BCUT2D eigenvalue weighted by Gasteiger charge is -2.40. The molecule has 0 aliphatic carbocycles. The summed E-state index contributed by atoms with van der Waals surface area (Å²) in [6.07, 6.45) is 0.340. The van der Waals surface area contributed by atoms with Crippen LogP contribution in [-0.4, -0.2) is 38.7 Å². The highest BCUT2D eigenvalue weighted by Gasteiger charge is 2.41. The molecule has 33 heavy (non-hydrogen) atoms. The highest BCUT2D eigenvalue weighted by Crippen LogP contribution is 2.36. The third kappa shape index (κ3) is 4.93. The quantitative estimate of drug-likeness (QED) is 0.456. The fourth-order valence-corrected chi connectivity index (χ4v) is 7.42. The van der Waals surface area contributed by atoms with Gasteiger partial charge in [0.2, 0.25) is 20.0 Å². The normalized spacial score (nSPS) is 18.3. The van der Waals surface area contributed by atoms with E-state index in [4.69, 9.17) is 0 Å². The van der Waals surface area contributed by atoms with Crippen LogP contribution in [0.2, 0.25) is 0 Å². The van der Waals surface area contributed by atoms with E-state index in [9.17, 15) is 16.8 Å². The van der Waals surface area contributed by atoms with Crippen molar-refractivity contribution in [3.8, 4) is 0 Å². The molecule has 1 aliphatic heterocycles. The number of nitrogens with zero attached hydrogens (tertiary/aromatic N) is 2. The average molecular weight is 550 g/mol. The summed E-state index contributed by atoms with van der Waals surface area (Å²) in [5.74, 6) is 0. The first-order valence-electron chi connectivity index (χ1n) is 10.5. The van der Waals surface area contributed by atoms with E-state index in [1.807, 2.05) is 38.1 Å². The fraction of sp³-hybridized carbons (Fsp3) is 0.250. The lowest BCUT2D eigenvalue weighted by atomic mass is 10.0. The molecule has 0 bridgehead atoms. The Morgan fingerprint density at radius 1 is 0.788 bits per heavy atom. The molecule has 4 rings (SSSR count). The summed E-state index contributed by atoms with van der Waals surface area (Å²) in [5.41, 5.74) is 2.71. The van der Waals surface area contributed by atoms with Gasteiger partial charge in [-0.3, -0.25) is 0 Å². The third-order valence-electron chi connectivity index (χ3n) is 5.82. The van der Waals surface area contributed by atoms with E-state index in [0.29, 0.717) is 6.42 Å². The Kier molecular flexibility index (Phi) is 6.80. The van der Waals surface area contributed by atoms with Gasteiger partial charge >= 0.3 is 0 Å². The zero-order chi connectivity index (χ0) is 23.8. The number of hydrogen-bond donors (Lipinski definition) is 0. The molecule has 1 unspecified atom stereocenters. The Morgan fingerprint density at radius 2 is 1.33 bits per heavy atom. The summed E-state index contributed by atoms with van der Waals surface area (Å²) in [6, 6.07) is 20.2. The van der Waals surface area contributed by atoms with Crippen LogP contribution in [0.5, 0.6) is 0 Å². The van der Waals surface area contributed by atoms with Crippen LogP contribution in [0.25, 0.3) is 0 Å². The molecule has 0 amide bonds. The standard InChI is InChI=1S/C24H25BrN2O4S2/c1-18-6-10-22(11-7-18)32(28,29)26-15-14-24(20-4-3-5-21(25)16-20)27(17-26)33(30,31)23-12-8-19(2)9-13-23/h3-13,16,24H,14-15,17H2,1-2H3. The first-order chi connectivity index (χ1) is 15.6. The van der Waals surface area contributed by atoms with E-state index in [2.05, 4.69) is 15.9 Å². The van der Waals surface area contributed by atoms with Crippen LogP contribution in [0.15, 0.2) is 87.1 Å². The number of halogens is 1. The lowest BCUT2D eigenvalue weighted by Crippen LogP contribution is -2.50. The number of hydrogen-bond acceptors (Lipinski definition) is 4. The zero-order valence-electron chi connectivity index (χ0n) is 18.3.